The number of allylic oxidation sites excluding steroid dienone is 1. The Bertz CT molecular complexity index is 1050. The number of hydrogen-bond acceptors (Lipinski definition) is 3. The summed E-state index contributed by atoms with van der Waals surface area (Å²) in [7, 11) is 1.57. The fourth-order valence-corrected chi connectivity index (χ4v) is 4.43. The van der Waals surface area contributed by atoms with Crippen LogP contribution in [0.1, 0.15) is 53.9 Å². The number of nitrogens with two attached hydrogens (primary N) is 1. The lowest BCUT2D eigenvalue weighted by atomic mass is 9.87. The molecule has 0 fully saturated rings. The third-order valence-electron chi connectivity index (χ3n) is 5.87. The molecule has 32 heavy (non-hydrogen) atoms. The molecule has 2 aromatic rings. The monoisotopic (exact) mass is 455 g/mol. The van der Waals surface area contributed by atoms with Crippen LogP contribution >= 0.6 is 9.24 Å². The summed E-state index contributed by atoms with van der Waals surface area (Å²) >= 11 is 0. The van der Waals surface area contributed by atoms with Crippen LogP contribution in [0, 0.1) is 18.3 Å². The fourth-order valence-electron chi connectivity index (χ4n) is 4.22. The predicted molar refractivity (Wildman–Crippen MR) is 127 cm³/mol. The van der Waals surface area contributed by atoms with Gasteiger partial charge in [-0.3, -0.25) is 4.79 Å². The highest BCUT2D eigenvalue weighted by Gasteiger charge is 2.26. The quantitative estimate of drug-likeness (QED) is 0.226. The van der Waals surface area contributed by atoms with Crippen molar-refractivity contribution in [3.05, 3.63) is 70.3 Å². The fraction of sp³-hybridized carbons (Fsp3) is 0.360. The molecule has 0 aliphatic heterocycles. The van der Waals surface area contributed by atoms with Crippen molar-refractivity contribution in [3.63, 3.8) is 0 Å². The van der Waals surface area contributed by atoms with Crippen molar-refractivity contribution in [2.45, 2.75) is 50.6 Å². The molecule has 0 saturated heterocycles. The van der Waals surface area contributed by atoms with Crippen LogP contribution in [0.25, 0.3) is 5.57 Å². The number of primary amides is 1. The lowest BCUT2D eigenvalue weighted by molar-refractivity contribution is -0.114. The van der Waals surface area contributed by atoms with Gasteiger partial charge in [0.2, 0.25) is 0 Å². The number of nitrogens with one attached hydrogen (secondary N) is 1. The van der Waals surface area contributed by atoms with Crippen LogP contribution in [-0.2, 0) is 11.2 Å². The minimum atomic E-state index is -2.72. The van der Waals surface area contributed by atoms with E-state index >= 15 is 0 Å². The Morgan fingerprint density at radius 3 is 2.62 bits per heavy atom. The molecule has 168 valence electrons. The average Bonchev–Trinajstić information content (AvgIpc) is 3.13. The highest BCUT2D eigenvalue weighted by atomic mass is 31.0. The number of carbonyl (C=O) groups excluding carboxylic acids is 1. The third kappa shape index (κ3) is 6.14. The van der Waals surface area contributed by atoms with Crippen molar-refractivity contribution >= 4 is 26.4 Å². The molecule has 0 heterocycles. The Morgan fingerprint density at radius 2 is 2.00 bits per heavy atom. The van der Waals surface area contributed by atoms with Crippen molar-refractivity contribution in [2.75, 3.05) is 11.9 Å². The van der Waals surface area contributed by atoms with Gasteiger partial charge < -0.3 is 11.1 Å². The van der Waals surface area contributed by atoms with Crippen LogP contribution in [0.15, 0.2) is 48.0 Å². The number of hydrogen-bond donors (Lipinski definition) is 2. The van der Waals surface area contributed by atoms with E-state index in [9.17, 15) is 18.8 Å². The van der Waals surface area contributed by atoms with Gasteiger partial charge in [-0.25, -0.2) is 8.78 Å². The van der Waals surface area contributed by atoms with Crippen LogP contribution < -0.4 is 11.1 Å². The summed E-state index contributed by atoms with van der Waals surface area (Å²) in [4.78, 5) is 11.9. The largest absolute Gasteiger partial charge is 0.385 e. The van der Waals surface area contributed by atoms with Crippen molar-refractivity contribution in [1.82, 2.24) is 0 Å². The highest BCUT2D eigenvalue weighted by molar-refractivity contribution is 7.18. The van der Waals surface area contributed by atoms with Gasteiger partial charge in [-0.2, -0.15) is 5.26 Å². The summed E-state index contributed by atoms with van der Waals surface area (Å²) in [6, 6.07) is 15.9. The molecule has 2 atom stereocenters. The molecule has 0 saturated carbocycles. The number of amides is 1. The molecule has 1 amide bonds. The van der Waals surface area contributed by atoms with E-state index in [1.807, 2.05) is 43.3 Å². The van der Waals surface area contributed by atoms with Gasteiger partial charge in [0, 0.05) is 18.7 Å². The number of nitriles is 1. The number of rotatable bonds is 9. The van der Waals surface area contributed by atoms with Gasteiger partial charge in [-0.15, -0.1) is 0 Å². The summed E-state index contributed by atoms with van der Waals surface area (Å²) in [6.45, 7) is 2.47. The van der Waals surface area contributed by atoms with Crippen LogP contribution in [0.2, 0.25) is 0 Å². The van der Waals surface area contributed by atoms with Crippen molar-refractivity contribution in [3.8, 4) is 6.07 Å². The second kappa shape index (κ2) is 10.2. The Hall–Kier alpha value is -2.77. The summed E-state index contributed by atoms with van der Waals surface area (Å²) in [5.74, 6) is -0.536. The lowest BCUT2D eigenvalue weighted by Gasteiger charge is -2.17. The van der Waals surface area contributed by atoms with E-state index in [1.165, 1.54) is 11.1 Å². The van der Waals surface area contributed by atoms with Crippen molar-refractivity contribution in [1.29, 1.82) is 5.26 Å². The second-order valence-corrected chi connectivity index (χ2v) is 9.18. The van der Waals surface area contributed by atoms with Gasteiger partial charge in [0.05, 0.1) is 0 Å². The summed E-state index contributed by atoms with van der Waals surface area (Å²) in [6.07, 6.45) is 2.56. The minimum Gasteiger partial charge on any atom is -0.385 e. The van der Waals surface area contributed by atoms with Gasteiger partial charge >= 0.3 is 0 Å². The Kier molecular flexibility index (Phi) is 7.64. The van der Waals surface area contributed by atoms with Gasteiger partial charge in [0.25, 0.3) is 11.6 Å². The van der Waals surface area contributed by atoms with Crippen molar-refractivity contribution in [2.24, 2.45) is 5.73 Å². The first-order valence-electron chi connectivity index (χ1n) is 10.7. The highest BCUT2D eigenvalue weighted by Crippen LogP contribution is 2.41. The Balaban J connectivity index is 1.77. The molecule has 2 aromatic carbocycles. The lowest BCUT2D eigenvalue weighted by Crippen LogP contribution is -2.15. The SMILES string of the molecule is Cc1ccc(/C(C[C@H]2CCc3cc(NCCCC(F)(F)P)ccc32)=C(\C#N)C(N)=O)cc1. The molecule has 1 aliphatic rings. The van der Waals surface area contributed by atoms with E-state index in [1.54, 1.807) is 9.24 Å². The maximum atomic E-state index is 12.9. The van der Waals surface area contributed by atoms with E-state index in [-0.39, 0.29) is 17.9 Å². The molecule has 1 unspecified atom stereocenters. The van der Waals surface area contributed by atoms with E-state index in [4.69, 9.17) is 5.73 Å². The van der Waals surface area contributed by atoms with Gasteiger partial charge in [0.1, 0.15) is 11.6 Å². The number of aryl methyl sites for hydroxylation is 2. The number of nitrogens with zero attached hydrogens (tertiary/aromatic N) is 1. The predicted octanol–water partition coefficient (Wildman–Crippen LogP) is 5.54. The number of fused-ring (bicyclic) bond motifs is 1. The van der Waals surface area contributed by atoms with Crippen LogP contribution in [0.4, 0.5) is 14.5 Å². The Morgan fingerprint density at radius 1 is 1.28 bits per heavy atom. The molecule has 0 radical (unpaired) electrons. The molecule has 3 N–H and O–H groups in total. The second-order valence-electron chi connectivity index (χ2n) is 8.34. The Labute approximate surface area is 190 Å². The average molecular weight is 455 g/mol. The van der Waals surface area contributed by atoms with Gasteiger partial charge in [-0.05, 0) is 72.9 Å². The van der Waals surface area contributed by atoms with E-state index < -0.39 is 11.6 Å². The molecule has 0 bridgehead atoms. The first-order chi connectivity index (χ1) is 15.2. The molecule has 0 aromatic heterocycles. The first-order valence-corrected chi connectivity index (χ1v) is 11.3. The van der Waals surface area contributed by atoms with Gasteiger partial charge in [0.15, 0.2) is 0 Å². The van der Waals surface area contributed by atoms with Crippen LogP contribution in [0.5, 0.6) is 0 Å². The smallest absolute Gasteiger partial charge is 0.259 e. The summed E-state index contributed by atoms with van der Waals surface area (Å²) in [5.41, 5.74) is 8.73. The molecular formula is C25H28F2N3OP. The number of anilines is 1. The van der Waals surface area contributed by atoms with E-state index in [2.05, 4.69) is 17.4 Å². The van der Waals surface area contributed by atoms with Gasteiger partial charge in [-0.1, -0.05) is 45.1 Å². The number of halogens is 2. The molecule has 0 spiro atoms. The number of alkyl halides is 2. The van der Waals surface area contributed by atoms with E-state index in [0.29, 0.717) is 25.0 Å². The zero-order chi connectivity index (χ0) is 23.3. The topological polar surface area (TPSA) is 78.9 Å². The molecule has 4 nitrogen and oxygen atoms in total. The summed E-state index contributed by atoms with van der Waals surface area (Å²) < 4.78 is 25.9. The minimum absolute atomic E-state index is 0.00600. The third-order valence-corrected chi connectivity index (χ3v) is 6.16. The van der Waals surface area contributed by atoms with E-state index in [0.717, 1.165) is 29.7 Å². The normalized spacial score (nSPS) is 16.2. The molecule has 7 heteroatoms. The van der Waals surface area contributed by atoms with Crippen molar-refractivity contribution < 1.29 is 13.6 Å². The first kappa shape index (κ1) is 23.9. The number of carbonyl (C=O) groups is 1. The zero-order valence-electron chi connectivity index (χ0n) is 18.1. The maximum absolute atomic E-state index is 12.9. The maximum Gasteiger partial charge on any atom is 0.259 e. The molecule has 3 rings (SSSR count). The summed E-state index contributed by atoms with van der Waals surface area (Å²) in [5, 5.41) is 12.8. The molecule has 1 aliphatic carbocycles. The molecular weight excluding hydrogens is 427 g/mol. The van der Waals surface area contributed by atoms with Crippen LogP contribution in [-0.4, -0.2) is 18.1 Å². The standard InChI is InChI=1S/C25H28F2N3OP/c1-16-3-5-17(6-4-16)22(23(15-28)24(29)31)14-19-8-7-18-13-20(9-10-21(18)19)30-12-2-11-25(26,27)32/h3-6,9-10,13,19,30H,2,7-8,11-12,14,32H2,1H3,(H2,29,31)/b23-22+/t19-/m1/s1. The zero-order valence-corrected chi connectivity index (χ0v) is 19.3. The number of benzene rings is 2. The van der Waals surface area contributed by atoms with Crippen LogP contribution in [0.3, 0.4) is 0 Å².